The van der Waals surface area contributed by atoms with E-state index < -0.39 is 0 Å². The molecule has 1 aromatic heterocycles. The average molecular weight is 260 g/mol. The summed E-state index contributed by atoms with van der Waals surface area (Å²) in [5.74, 6) is 0.989. The highest BCUT2D eigenvalue weighted by atomic mass is 16.2. The summed E-state index contributed by atoms with van der Waals surface area (Å²) in [6.45, 7) is 2.47. The molecular weight excluding hydrogens is 240 g/mol. The van der Waals surface area contributed by atoms with E-state index in [1.54, 1.807) is 0 Å². The molecule has 1 aromatic rings. The molecule has 0 aromatic carbocycles. The van der Waals surface area contributed by atoms with Crippen LogP contribution in [0.3, 0.4) is 0 Å². The largest absolute Gasteiger partial charge is 0.354 e. The Morgan fingerprint density at radius 1 is 1.37 bits per heavy atom. The average Bonchev–Trinajstić information content (AvgIpc) is 2.77. The van der Waals surface area contributed by atoms with Crippen LogP contribution in [0.1, 0.15) is 29.7 Å². The lowest BCUT2D eigenvalue weighted by molar-refractivity contribution is -0.119. The lowest BCUT2D eigenvalue weighted by Gasteiger charge is -2.23. The highest BCUT2D eigenvalue weighted by Crippen LogP contribution is 2.27. The normalized spacial score (nSPS) is 19.0. The minimum absolute atomic E-state index is 0.0720. The zero-order valence-corrected chi connectivity index (χ0v) is 11.1. The molecule has 0 unspecified atom stereocenters. The molecule has 0 spiro atoms. The zero-order valence-electron chi connectivity index (χ0n) is 11.1. The van der Waals surface area contributed by atoms with Gasteiger partial charge in [0.05, 0.1) is 6.54 Å². The van der Waals surface area contributed by atoms with E-state index in [0.717, 1.165) is 43.7 Å². The van der Waals surface area contributed by atoms with E-state index in [0.29, 0.717) is 13.1 Å². The molecule has 102 valence electrons. The maximum absolute atomic E-state index is 11.7. The van der Waals surface area contributed by atoms with Crippen molar-refractivity contribution in [3.05, 3.63) is 22.9 Å². The Kier molecular flexibility index (Phi) is 3.38. The van der Waals surface area contributed by atoms with Crippen molar-refractivity contribution in [3.63, 3.8) is 0 Å². The van der Waals surface area contributed by atoms with Crippen molar-refractivity contribution in [2.24, 2.45) is 5.73 Å². The molecular formula is C14H20N4O. The predicted molar refractivity (Wildman–Crippen MR) is 74.0 cm³/mol. The molecule has 1 aliphatic heterocycles. The molecule has 1 fully saturated rings. The number of nitrogens with two attached hydrogens (primary N) is 1. The lowest BCUT2D eigenvalue weighted by atomic mass is 10.1. The van der Waals surface area contributed by atoms with Crippen LogP contribution >= 0.6 is 0 Å². The molecule has 3 rings (SSSR count). The van der Waals surface area contributed by atoms with E-state index in [9.17, 15) is 4.79 Å². The van der Waals surface area contributed by atoms with Crippen LogP contribution in [0, 0.1) is 0 Å². The van der Waals surface area contributed by atoms with Gasteiger partial charge in [0.25, 0.3) is 0 Å². The van der Waals surface area contributed by atoms with Crippen LogP contribution in [0.4, 0.5) is 5.82 Å². The number of aromatic nitrogens is 1. The third kappa shape index (κ3) is 2.42. The number of rotatable bonds is 2. The van der Waals surface area contributed by atoms with Gasteiger partial charge in [-0.1, -0.05) is 0 Å². The summed E-state index contributed by atoms with van der Waals surface area (Å²) >= 11 is 0. The second kappa shape index (κ2) is 5.17. The van der Waals surface area contributed by atoms with E-state index in [1.807, 2.05) is 0 Å². The maximum atomic E-state index is 11.7. The maximum Gasteiger partial charge on any atom is 0.239 e. The summed E-state index contributed by atoms with van der Waals surface area (Å²) in [5.41, 5.74) is 9.45. The molecule has 19 heavy (non-hydrogen) atoms. The smallest absolute Gasteiger partial charge is 0.239 e. The summed E-state index contributed by atoms with van der Waals surface area (Å²) in [5, 5.41) is 2.89. The first-order chi connectivity index (χ1) is 9.28. The number of pyridine rings is 1. The van der Waals surface area contributed by atoms with Crippen molar-refractivity contribution in [2.75, 3.05) is 24.5 Å². The summed E-state index contributed by atoms with van der Waals surface area (Å²) in [6, 6.07) is 2.19. The number of anilines is 1. The van der Waals surface area contributed by atoms with Crippen molar-refractivity contribution < 1.29 is 4.79 Å². The second-order valence-electron chi connectivity index (χ2n) is 5.26. The van der Waals surface area contributed by atoms with Crippen LogP contribution in [0.2, 0.25) is 0 Å². The number of nitrogens with zero attached hydrogens (tertiary/aromatic N) is 2. The molecule has 0 atom stereocenters. The number of amides is 1. The van der Waals surface area contributed by atoms with Crippen LogP contribution in [-0.2, 0) is 24.2 Å². The third-order valence-corrected chi connectivity index (χ3v) is 3.89. The Morgan fingerprint density at radius 2 is 2.26 bits per heavy atom. The van der Waals surface area contributed by atoms with Gasteiger partial charge in [-0.3, -0.25) is 4.79 Å². The second-order valence-corrected chi connectivity index (χ2v) is 5.26. The number of nitrogens with one attached hydrogen (secondary N) is 1. The molecule has 0 bridgehead atoms. The van der Waals surface area contributed by atoms with Crippen molar-refractivity contribution in [1.29, 1.82) is 0 Å². The SMILES string of the molecule is NCc1cc2c(nc1N1CCCNC(=O)C1)CCC2. The van der Waals surface area contributed by atoms with Gasteiger partial charge in [0.15, 0.2) is 0 Å². The fourth-order valence-electron chi connectivity index (χ4n) is 2.92. The van der Waals surface area contributed by atoms with Crippen molar-refractivity contribution in [3.8, 4) is 0 Å². The van der Waals surface area contributed by atoms with Crippen LogP contribution in [-0.4, -0.2) is 30.5 Å². The zero-order chi connectivity index (χ0) is 13.2. The van der Waals surface area contributed by atoms with Gasteiger partial charge in [-0.15, -0.1) is 0 Å². The molecule has 0 saturated carbocycles. The van der Waals surface area contributed by atoms with Crippen LogP contribution < -0.4 is 16.0 Å². The number of hydrogen-bond acceptors (Lipinski definition) is 4. The third-order valence-electron chi connectivity index (χ3n) is 3.89. The van der Waals surface area contributed by atoms with Crippen molar-refractivity contribution in [2.45, 2.75) is 32.2 Å². The highest BCUT2D eigenvalue weighted by molar-refractivity contribution is 5.81. The Hall–Kier alpha value is -1.62. The molecule has 2 aliphatic rings. The summed E-state index contributed by atoms with van der Waals surface area (Å²) in [6.07, 6.45) is 4.29. The first kappa shape index (κ1) is 12.4. The minimum atomic E-state index is 0.0720. The number of aryl methyl sites for hydroxylation is 2. The Balaban J connectivity index is 1.96. The van der Waals surface area contributed by atoms with E-state index in [2.05, 4.69) is 16.3 Å². The number of carbonyl (C=O) groups is 1. The van der Waals surface area contributed by atoms with Crippen LogP contribution in [0.25, 0.3) is 0 Å². The molecule has 1 aliphatic carbocycles. The van der Waals surface area contributed by atoms with E-state index in [-0.39, 0.29) is 5.91 Å². The molecule has 3 N–H and O–H groups in total. The Bertz CT molecular complexity index is 500. The molecule has 1 saturated heterocycles. The van der Waals surface area contributed by atoms with Gasteiger partial charge in [0.1, 0.15) is 5.82 Å². The van der Waals surface area contributed by atoms with Gasteiger partial charge in [-0.05, 0) is 37.3 Å². The first-order valence-electron chi connectivity index (χ1n) is 7.01. The predicted octanol–water partition coefficient (Wildman–Crippen LogP) is 0.355. The van der Waals surface area contributed by atoms with Gasteiger partial charge in [-0.25, -0.2) is 4.98 Å². The Labute approximate surface area is 113 Å². The number of hydrogen-bond donors (Lipinski definition) is 2. The Morgan fingerprint density at radius 3 is 3.11 bits per heavy atom. The van der Waals surface area contributed by atoms with E-state index in [1.165, 1.54) is 17.7 Å². The van der Waals surface area contributed by atoms with E-state index in [4.69, 9.17) is 10.7 Å². The van der Waals surface area contributed by atoms with Gasteiger partial charge in [0, 0.05) is 30.9 Å². The lowest BCUT2D eigenvalue weighted by Crippen LogP contribution is -2.34. The number of carbonyl (C=O) groups excluding carboxylic acids is 1. The van der Waals surface area contributed by atoms with Gasteiger partial charge >= 0.3 is 0 Å². The molecule has 2 heterocycles. The minimum Gasteiger partial charge on any atom is -0.354 e. The molecule has 0 radical (unpaired) electrons. The van der Waals surface area contributed by atoms with Gasteiger partial charge < -0.3 is 16.0 Å². The summed E-state index contributed by atoms with van der Waals surface area (Å²) in [4.78, 5) is 18.6. The van der Waals surface area contributed by atoms with Crippen LogP contribution in [0.5, 0.6) is 0 Å². The monoisotopic (exact) mass is 260 g/mol. The van der Waals surface area contributed by atoms with E-state index >= 15 is 0 Å². The molecule has 5 nitrogen and oxygen atoms in total. The topological polar surface area (TPSA) is 71.2 Å². The van der Waals surface area contributed by atoms with Gasteiger partial charge in [0.2, 0.25) is 5.91 Å². The molecule has 1 amide bonds. The van der Waals surface area contributed by atoms with Gasteiger partial charge in [-0.2, -0.15) is 0 Å². The first-order valence-corrected chi connectivity index (χ1v) is 7.01. The molecule has 5 heteroatoms. The van der Waals surface area contributed by atoms with Crippen LogP contribution in [0.15, 0.2) is 6.07 Å². The van der Waals surface area contributed by atoms with Crippen molar-refractivity contribution >= 4 is 11.7 Å². The summed E-state index contributed by atoms with van der Waals surface area (Å²) < 4.78 is 0. The standard InChI is InChI=1S/C14H20N4O/c15-8-11-7-10-3-1-4-12(10)17-14(11)18-6-2-5-16-13(19)9-18/h7H,1-6,8-9,15H2,(H,16,19). The quantitative estimate of drug-likeness (QED) is 0.805. The number of fused-ring (bicyclic) bond motifs is 1. The van der Waals surface area contributed by atoms with Crippen molar-refractivity contribution in [1.82, 2.24) is 10.3 Å². The fraction of sp³-hybridized carbons (Fsp3) is 0.571. The highest BCUT2D eigenvalue weighted by Gasteiger charge is 2.22. The summed E-state index contributed by atoms with van der Waals surface area (Å²) in [7, 11) is 0. The fourth-order valence-corrected chi connectivity index (χ4v) is 2.92.